The number of fused-ring (bicyclic) bond motifs is 1. The van der Waals surface area contributed by atoms with Crippen LogP contribution in [0.15, 0.2) is 5.38 Å². The van der Waals surface area contributed by atoms with Crippen LogP contribution in [-0.4, -0.2) is 19.4 Å². The lowest BCUT2D eigenvalue weighted by Crippen LogP contribution is -2.18. The number of hydrogen-bond donors (Lipinski definition) is 1. The van der Waals surface area contributed by atoms with Crippen LogP contribution < -0.4 is 5.32 Å². The monoisotopic (exact) mass is 197 g/mol. The van der Waals surface area contributed by atoms with Crippen molar-refractivity contribution < 1.29 is 9.53 Å². The largest absolute Gasteiger partial charge is 0.372 e. The fraction of sp³-hybridized carbons (Fsp3) is 0.444. The molecular formula is C9H11NO2S. The van der Waals surface area contributed by atoms with E-state index in [4.69, 9.17) is 4.74 Å². The Morgan fingerprint density at radius 2 is 2.54 bits per heavy atom. The van der Waals surface area contributed by atoms with Gasteiger partial charge in [-0.1, -0.05) is 0 Å². The van der Waals surface area contributed by atoms with Gasteiger partial charge in [0.05, 0.1) is 24.6 Å². The molecule has 0 atom stereocenters. The molecule has 0 saturated heterocycles. The minimum atomic E-state index is 0.166. The zero-order chi connectivity index (χ0) is 9.26. The van der Waals surface area contributed by atoms with E-state index < -0.39 is 0 Å². The van der Waals surface area contributed by atoms with Gasteiger partial charge >= 0.3 is 0 Å². The Morgan fingerprint density at radius 3 is 3.31 bits per heavy atom. The Balaban J connectivity index is 2.26. The molecule has 1 aliphatic rings. The summed E-state index contributed by atoms with van der Waals surface area (Å²) >= 11 is 1.53. The van der Waals surface area contributed by atoms with Gasteiger partial charge in [0.1, 0.15) is 0 Å². The Labute approximate surface area is 80.7 Å². The quantitative estimate of drug-likeness (QED) is 0.739. The van der Waals surface area contributed by atoms with E-state index in [2.05, 4.69) is 5.32 Å². The van der Waals surface area contributed by atoms with E-state index in [1.54, 1.807) is 7.05 Å². The van der Waals surface area contributed by atoms with Crippen molar-refractivity contribution in [3.8, 4) is 0 Å². The number of rotatable bonds is 3. The normalized spacial score (nSPS) is 14.5. The first kappa shape index (κ1) is 8.87. The van der Waals surface area contributed by atoms with Gasteiger partial charge in [0.2, 0.25) is 0 Å². The van der Waals surface area contributed by atoms with Gasteiger partial charge in [-0.3, -0.25) is 4.79 Å². The summed E-state index contributed by atoms with van der Waals surface area (Å²) in [4.78, 5) is 12.4. The average molecular weight is 197 g/mol. The highest BCUT2D eigenvalue weighted by Crippen LogP contribution is 2.29. The summed E-state index contributed by atoms with van der Waals surface area (Å²) in [6.07, 6.45) is 0. The Kier molecular flexibility index (Phi) is 2.44. The molecule has 0 radical (unpaired) electrons. The third-order valence-corrected chi connectivity index (χ3v) is 3.19. The van der Waals surface area contributed by atoms with E-state index in [0.29, 0.717) is 19.8 Å². The number of thiophene rings is 1. The minimum absolute atomic E-state index is 0.166. The molecule has 0 aliphatic carbocycles. The maximum Gasteiger partial charge on any atom is 0.186 e. The van der Waals surface area contributed by atoms with Crippen molar-refractivity contribution >= 4 is 17.1 Å². The molecular weight excluding hydrogens is 186 g/mol. The van der Waals surface area contributed by atoms with Crippen LogP contribution in [0.3, 0.4) is 0 Å². The Morgan fingerprint density at radius 1 is 1.69 bits per heavy atom. The number of hydrogen-bond acceptors (Lipinski definition) is 4. The molecule has 2 heterocycles. The van der Waals surface area contributed by atoms with Gasteiger partial charge < -0.3 is 10.1 Å². The molecule has 0 saturated carbocycles. The van der Waals surface area contributed by atoms with E-state index >= 15 is 0 Å². The highest BCUT2D eigenvalue weighted by atomic mass is 32.1. The van der Waals surface area contributed by atoms with Crippen molar-refractivity contribution in [2.24, 2.45) is 0 Å². The van der Waals surface area contributed by atoms with Gasteiger partial charge in [-0.25, -0.2) is 0 Å². The van der Waals surface area contributed by atoms with Crippen LogP contribution in [0.2, 0.25) is 0 Å². The van der Waals surface area contributed by atoms with Gasteiger partial charge in [0.25, 0.3) is 0 Å². The summed E-state index contributed by atoms with van der Waals surface area (Å²) in [7, 11) is 1.78. The maximum atomic E-state index is 11.6. The Hall–Kier alpha value is -0.710. The van der Waals surface area contributed by atoms with Crippen LogP contribution in [0, 0.1) is 0 Å². The van der Waals surface area contributed by atoms with Crippen LogP contribution in [0.4, 0.5) is 0 Å². The van der Waals surface area contributed by atoms with Gasteiger partial charge in [-0.15, -0.1) is 11.3 Å². The van der Waals surface area contributed by atoms with Crippen molar-refractivity contribution in [1.29, 1.82) is 0 Å². The molecule has 1 aromatic heterocycles. The molecule has 4 heteroatoms. The maximum absolute atomic E-state index is 11.6. The fourth-order valence-corrected chi connectivity index (χ4v) is 2.44. The average Bonchev–Trinajstić information content (AvgIpc) is 2.62. The lowest BCUT2D eigenvalue weighted by molar-refractivity contribution is 0.0991. The fourth-order valence-electron chi connectivity index (χ4n) is 1.44. The van der Waals surface area contributed by atoms with Gasteiger partial charge in [-0.05, 0) is 18.0 Å². The summed E-state index contributed by atoms with van der Waals surface area (Å²) in [5.41, 5.74) is 2.29. The molecule has 0 spiro atoms. The highest BCUT2D eigenvalue weighted by Gasteiger charge is 2.21. The predicted molar refractivity (Wildman–Crippen MR) is 51.1 cm³/mol. The summed E-state index contributed by atoms with van der Waals surface area (Å²) in [6.45, 7) is 1.68. The standard InChI is InChI=1S/C9H11NO2S/c1-10-2-8(11)9-7-4-12-3-6(7)5-13-9/h5,10H,2-4H2,1H3. The van der Waals surface area contributed by atoms with Crippen LogP contribution in [0.25, 0.3) is 0 Å². The molecule has 70 valence electrons. The second kappa shape index (κ2) is 3.57. The number of likely N-dealkylation sites (N-methyl/N-ethyl adjacent to an activating group) is 1. The molecule has 13 heavy (non-hydrogen) atoms. The van der Waals surface area contributed by atoms with Crippen LogP contribution in [0.1, 0.15) is 20.8 Å². The second-order valence-corrected chi connectivity index (χ2v) is 3.89. The predicted octanol–water partition coefficient (Wildman–Crippen LogP) is 1.18. The van der Waals surface area contributed by atoms with Gasteiger partial charge in [-0.2, -0.15) is 0 Å². The molecule has 1 aromatic rings. The zero-order valence-electron chi connectivity index (χ0n) is 7.42. The van der Waals surface area contributed by atoms with E-state index in [9.17, 15) is 4.79 Å². The molecule has 0 bridgehead atoms. The van der Waals surface area contributed by atoms with Crippen molar-refractivity contribution in [1.82, 2.24) is 5.32 Å². The van der Waals surface area contributed by atoms with Gasteiger partial charge in [0.15, 0.2) is 5.78 Å². The second-order valence-electron chi connectivity index (χ2n) is 3.01. The van der Waals surface area contributed by atoms with Gasteiger partial charge in [0, 0.05) is 5.56 Å². The minimum Gasteiger partial charge on any atom is -0.372 e. The molecule has 2 rings (SSSR count). The third kappa shape index (κ3) is 1.52. The van der Waals surface area contributed by atoms with Crippen molar-refractivity contribution in [2.45, 2.75) is 13.2 Å². The van der Waals surface area contributed by atoms with Crippen molar-refractivity contribution in [3.63, 3.8) is 0 Å². The number of Topliss-reactive ketones (excluding diaryl/α,β-unsaturated/α-hetero) is 1. The number of ketones is 1. The van der Waals surface area contributed by atoms with E-state index in [1.165, 1.54) is 16.9 Å². The number of ether oxygens (including phenoxy) is 1. The Bertz CT molecular complexity index is 332. The first-order chi connectivity index (χ1) is 6.33. The van der Waals surface area contributed by atoms with Crippen LogP contribution in [0.5, 0.6) is 0 Å². The first-order valence-electron chi connectivity index (χ1n) is 4.17. The molecule has 1 aliphatic heterocycles. The SMILES string of the molecule is CNCC(=O)c1scc2c1COC2. The van der Waals surface area contributed by atoms with E-state index in [0.717, 1.165) is 10.4 Å². The number of carbonyl (C=O) groups excluding carboxylic acids is 1. The third-order valence-electron chi connectivity index (χ3n) is 2.08. The summed E-state index contributed by atoms with van der Waals surface area (Å²) in [5, 5.41) is 4.88. The molecule has 0 fully saturated rings. The molecule has 1 N–H and O–H groups in total. The smallest absolute Gasteiger partial charge is 0.186 e. The summed E-state index contributed by atoms with van der Waals surface area (Å²) in [6, 6.07) is 0. The number of carbonyl (C=O) groups is 1. The molecule has 0 unspecified atom stereocenters. The number of nitrogens with one attached hydrogen (secondary N) is 1. The van der Waals surface area contributed by atoms with E-state index in [-0.39, 0.29) is 5.78 Å². The summed E-state index contributed by atoms with van der Waals surface area (Å²) < 4.78 is 5.26. The van der Waals surface area contributed by atoms with Crippen LogP contribution in [-0.2, 0) is 18.0 Å². The van der Waals surface area contributed by atoms with E-state index in [1.807, 2.05) is 5.38 Å². The highest BCUT2D eigenvalue weighted by molar-refractivity contribution is 7.12. The topological polar surface area (TPSA) is 38.3 Å². The lowest BCUT2D eigenvalue weighted by atomic mass is 10.1. The summed E-state index contributed by atoms with van der Waals surface area (Å²) in [5.74, 6) is 0.166. The molecule has 0 aromatic carbocycles. The molecule has 0 amide bonds. The first-order valence-corrected chi connectivity index (χ1v) is 5.05. The lowest BCUT2D eigenvalue weighted by Gasteiger charge is -1.98. The van der Waals surface area contributed by atoms with Crippen molar-refractivity contribution in [3.05, 3.63) is 21.4 Å². The molecule has 3 nitrogen and oxygen atoms in total. The van der Waals surface area contributed by atoms with Crippen LogP contribution >= 0.6 is 11.3 Å². The van der Waals surface area contributed by atoms with Crippen molar-refractivity contribution in [2.75, 3.05) is 13.6 Å². The zero-order valence-corrected chi connectivity index (χ0v) is 8.24.